The zero-order valence-electron chi connectivity index (χ0n) is 10.0. The molecule has 2 aromatic rings. The van der Waals surface area contributed by atoms with E-state index in [2.05, 4.69) is 27.3 Å². The van der Waals surface area contributed by atoms with Gasteiger partial charge in [0.05, 0.1) is 5.02 Å². The first kappa shape index (κ1) is 15.3. The van der Waals surface area contributed by atoms with Crippen molar-refractivity contribution >= 4 is 50.5 Å². The molecule has 0 radical (unpaired) electrons. The largest absolute Gasteiger partial charge is 0.305 e. The molecule has 0 aliphatic carbocycles. The van der Waals surface area contributed by atoms with Gasteiger partial charge in [0.15, 0.2) is 0 Å². The summed E-state index contributed by atoms with van der Waals surface area (Å²) in [5.41, 5.74) is 0.708. The number of rotatable bonds is 4. The average molecular weight is 383 g/mol. The van der Waals surface area contributed by atoms with Crippen LogP contribution in [0.25, 0.3) is 0 Å². The predicted octanol–water partition coefficient (Wildman–Crippen LogP) is 5.81. The highest BCUT2D eigenvalue weighted by atomic mass is 79.9. The van der Waals surface area contributed by atoms with E-state index in [1.54, 1.807) is 11.3 Å². The Morgan fingerprint density at radius 3 is 2.68 bits per heavy atom. The molecule has 0 spiro atoms. The Kier molecular flexibility index (Phi) is 5.26. The van der Waals surface area contributed by atoms with Crippen molar-refractivity contribution in [2.75, 3.05) is 0 Å². The summed E-state index contributed by atoms with van der Waals surface area (Å²) in [5.74, 6) is -0.450. The molecule has 1 N–H and O–H groups in total. The van der Waals surface area contributed by atoms with Gasteiger partial charge in [0.2, 0.25) is 0 Å². The molecule has 1 aromatic carbocycles. The standard InChI is InChI=1S/C13H11BrCl2FNS/c1-7(18-5-9-2-8(14)6-19-9)10-3-13(17)12(16)4-11(10)15/h2-4,6-7,18H,5H2,1H3. The lowest BCUT2D eigenvalue weighted by Crippen LogP contribution is -2.18. The fraction of sp³-hybridized carbons (Fsp3) is 0.231. The second kappa shape index (κ2) is 6.55. The van der Waals surface area contributed by atoms with E-state index in [0.29, 0.717) is 17.1 Å². The number of nitrogens with one attached hydrogen (secondary N) is 1. The molecule has 0 aliphatic heterocycles. The minimum absolute atomic E-state index is 0.0446. The van der Waals surface area contributed by atoms with E-state index in [1.807, 2.05) is 12.3 Å². The molecular weight excluding hydrogens is 372 g/mol. The quantitative estimate of drug-likeness (QED) is 0.658. The highest BCUT2D eigenvalue weighted by molar-refractivity contribution is 9.10. The van der Waals surface area contributed by atoms with Crippen molar-refractivity contribution in [1.29, 1.82) is 0 Å². The zero-order chi connectivity index (χ0) is 14.0. The van der Waals surface area contributed by atoms with Gasteiger partial charge in [-0.2, -0.15) is 0 Å². The topological polar surface area (TPSA) is 12.0 Å². The Labute approximate surface area is 133 Å². The fourth-order valence-corrected chi connectivity index (χ4v) is 3.63. The lowest BCUT2D eigenvalue weighted by Gasteiger charge is -2.15. The van der Waals surface area contributed by atoms with E-state index in [0.717, 1.165) is 4.47 Å². The maximum Gasteiger partial charge on any atom is 0.142 e. The first-order valence-electron chi connectivity index (χ1n) is 5.58. The van der Waals surface area contributed by atoms with Gasteiger partial charge < -0.3 is 5.32 Å². The third-order valence-electron chi connectivity index (χ3n) is 2.71. The molecule has 2 rings (SSSR count). The lowest BCUT2D eigenvalue weighted by atomic mass is 10.1. The number of halogens is 4. The first-order chi connectivity index (χ1) is 8.97. The molecule has 1 nitrogen and oxygen atoms in total. The molecule has 1 aromatic heterocycles. The molecule has 0 aliphatic rings. The van der Waals surface area contributed by atoms with Gasteiger partial charge in [0.25, 0.3) is 0 Å². The molecule has 1 unspecified atom stereocenters. The Balaban J connectivity index is 2.07. The third-order valence-corrected chi connectivity index (χ3v) is 5.02. The van der Waals surface area contributed by atoms with Crippen LogP contribution in [0.4, 0.5) is 4.39 Å². The predicted molar refractivity (Wildman–Crippen MR) is 83.7 cm³/mol. The van der Waals surface area contributed by atoms with Gasteiger partial charge >= 0.3 is 0 Å². The SMILES string of the molecule is CC(NCc1cc(Br)cs1)c1cc(F)c(Cl)cc1Cl. The summed E-state index contributed by atoms with van der Waals surface area (Å²) in [4.78, 5) is 1.20. The maximum atomic E-state index is 13.5. The van der Waals surface area contributed by atoms with Crippen LogP contribution in [-0.4, -0.2) is 0 Å². The summed E-state index contributed by atoms with van der Waals surface area (Å²) >= 11 is 16.8. The highest BCUT2D eigenvalue weighted by Crippen LogP contribution is 2.29. The number of hydrogen-bond acceptors (Lipinski definition) is 2. The Hall–Kier alpha value is -0.130. The number of benzene rings is 1. The highest BCUT2D eigenvalue weighted by Gasteiger charge is 2.13. The third kappa shape index (κ3) is 3.92. The smallest absolute Gasteiger partial charge is 0.142 e. The molecule has 1 heterocycles. The summed E-state index contributed by atoms with van der Waals surface area (Å²) in [6, 6.07) is 4.81. The molecule has 0 fully saturated rings. The van der Waals surface area contributed by atoms with Gasteiger partial charge in [-0.25, -0.2) is 4.39 Å². The van der Waals surface area contributed by atoms with E-state index in [4.69, 9.17) is 23.2 Å². The second-order valence-corrected chi connectivity index (χ2v) is 6.85. The van der Waals surface area contributed by atoms with Crippen LogP contribution >= 0.6 is 50.5 Å². The molecule has 19 heavy (non-hydrogen) atoms. The molecule has 102 valence electrons. The minimum atomic E-state index is -0.450. The van der Waals surface area contributed by atoms with Crippen molar-refractivity contribution in [2.45, 2.75) is 19.5 Å². The summed E-state index contributed by atoms with van der Waals surface area (Å²) in [7, 11) is 0. The van der Waals surface area contributed by atoms with E-state index in [-0.39, 0.29) is 11.1 Å². The second-order valence-electron chi connectivity index (χ2n) is 4.12. The van der Waals surface area contributed by atoms with Crippen molar-refractivity contribution in [3.63, 3.8) is 0 Å². The van der Waals surface area contributed by atoms with Crippen LogP contribution in [-0.2, 0) is 6.54 Å². The summed E-state index contributed by atoms with van der Waals surface area (Å²) in [6.45, 7) is 2.65. The molecule has 0 saturated carbocycles. The van der Waals surface area contributed by atoms with Gasteiger partial charge in [-0.3, -0.25) is 0 Å². The maximum absolute atomic E-state index is 13.5. The van der Waals surface area contributed by atoms with Gasteiger partial charge in [-0.1, -0.05) is 23.2 Å². The molecular formula is C13H11BrCl2FNS. The van der Waals surface area contributed by atoms with Crippen LogP contribution in [0.15, 0.2) is 28.1 Å². The Bertz CT molecular complexity index is 588. The fourth-order valence-electron chi connectivity index (χ4n) is 1.68. The van der Waals surface area contributed by atoms with Crippen LogP contribution in [0.2, 0.25) is 10.0 Å². The van der Waals surface area contributed by atoms with Crippen molar-refractivity contribution in [1.82, 2.24) is 5.32 Å². The van der Waals surface area contributed by atoms with Crippen LogP contribution in [0.1, 0.15) is 23.4 Å². The van der Waals surface area contributed by atoms with Crippen molar-refractivity contribution < 1.29 is 4.39 Å². The Morgan fingerprint density at radius 1 is 1.32 bits per heavy atom. The average Bonchev–Trinajstić information content (AvgIpc) is 2.77. The van der Waals surface area contributed by atoms with Crippen LogP contribution in [0.3, 0.4) is 0 Å². The van der Waals surface area contributed by atoms with Crippen LogP contribution in [0.5, 0.6) is 0 Å². The van der Waals surface area contributed by atoms with E-state index < -0.39 is 5.82 Å². The minimum Gasteiger partial charge on any atom is -0.305 e. The van der Waals surface area contributed by atoms with Crippen molar-refractivity contribution in [2.24, 2.45) is 0 Å². The molecule has 0 saturated heterocycles. The lowest BCUT2D eigenvalue weighted by molar-refractivity contribution is 0.568. The normalized spacial score (nSPS) is 12.7. The summed E-state index contributed by atoms with van der Waals surface area (Å²) in [5, 5.41) is 5.85. The van der Waals surface area contributed by atoms with Gasteiger partial charge in [-0.15, -0.1) is 11.3 Å². The molecule has 1 atom stereocenters. The van der Waals surface area contributed by atoms with Crippen LogP contribution < -0.4 is 5.32 Å². The van der Waals surface area contributed by atoms with E-state index in [1.165, 1.54) is 17.0 Å². The molecule has 6 heteroatoms. The summed E-state index contributed by atoms with van der Waals surface area (Å²) < 4.78 is 14.5. The number of hydrogen-bond donors (Lipinski definition) is 1. The van der Waals surface area contributed by atoms with E-state index >= 15 is 0 Å². The van der Waals surface area contributed by atoms with Crippen molar-refractivity contribution in [3.05, 3.63) is 54.4 Å². The van der Waals surface area contributed by atoms with Gasteiger partial charge in [0, 0.05) is 32.3 Å². The monoisotopic (exact) mass is 381 g/mol. The van der Waals surface area contributed by atoms with Gasteiger partial charge in [0.1, 0.15) is 5.82 Å². The Morgan fingerprint density at radius 2 is 2.05 bits per heavy atom. The van der Waals surface area contributed by atoms with Crippen LogP contribution in [0, 0.1) is 5.82 Å². The summed E-state index contributed by atoms with van der Waals surface area (Å²) in [6.07, 6.45) is 0. The van der Waals surface area contributed by atoms with E-state index in [9.17, 15) is 4.39 Å². The molecule has 0 amide bonds. The molecule has 0 bridgehead atoms. The first-order valence-corrected chi connectivity index (χ1v) is 8.01. The van der Waals surface area contributed by atoms with Crippen molar-refractivity contribution in [3.8, 4) is 0 Å². The van der Waals surface area contributed by atoms with Gasteiger partial charge in [-0.05, 0) is 46.6 Å². The zero-order valence-corrected chi connectivity index (χ0v) is 13.9. The number of thiophene rings is 1.